The fourth-order valence-electron chi connectivity index (χ4n) is 3.95. The summed E-state index contributed by atoms with van der Waals surface area (Å²) in [4.78, 5) is 50.8. The molecule has 1 aliphatic heterocycles. The monoisotopic (exact) mass is 433 g/mol. The number of likely N-dealkylation sites (tertiary alicyclic amines) is 1. The Bertz CT molecular complexity index is 1050. The molecule has 2 aromatic carbocycles. The van der Waals surface area contributed by atoms with Crippen LogP contribution in [0.15, 0.2) is 60.7 Å². The number of nitrogens with zero attached hydrogens (tertiary/aromatic N) is 1. The summed E-state index contributed by atoms with van der Waals surface area (Å²) in [5.74, 6) is -1.36. The van der Waals surface area contributed by atoms with Crippen molar-refractivity contribution in [1.82, 2.24) is 4.90 Å². The van der Waals surface area contributed by atoms with Gasteiger partial charge in [0.15, 0.2) is 0 Å². The minimum Gasteiger partial charge on any atom is -0.497 e. The Balaban J connectivity index is 1.33. The molecule has 32 heavy (non-hydrogen) atoms. The van der Waals surface area contributed by atoms with Crippen molar-refractivity contribution in [3.63, 3.8) is 0 Å². The van der Waals surface area contributed by atoms with Crippen LogP contribution < -0.4 is 15.4 Å². The number of ether oxygens (including phenoxy) is 1. The van der Waals surface area contributed by atoms with E-state index in [-0.39, 0.29) is 36.1 Å². The van der Waals surface area contributed by atoms with E-state index in [9.17, 15) is 19.2 Å². The van der Waals surface area contributed by atoms with Crippen LogP contribution in [0.2, 0.25) is 0 Å². The summed E-state index contributed by atoms with van der Waals surface area (Å²) in [5.41, 5.74) is 1.51. The number of methoxy groups -OCH3 is 1. The molecule has 0 aromatic heterocycles. The standard InChI is InChI=1S/C24H23N3O5/c1-32-18-12-10-17(11-13-18)26-22(29)15-6-8-16(9-7-15)25-21(28)14-27-23(30)19-4-2-3-5-20(19)24(27)31/h2-3,6-13,19-20H,4-5,14H2,1H3,(H,25,28)(H,26,29)/t19-,20+. The molecule has 1 fully saturated rings. The molecule has 1 saturated heterocycles. The minimum atomic E-state index is -0.464. The lowest BCUT2D eigenvalue weighted by atomic mass is 9.85. The summed E-state index contributed by atoms with van der Waals surface area (Å²) in [6.45, 7) is -0.315. The van der Waals surface area contributed by atoms with Gasteiger partial charge in [-0.05, 0) is 61.4 Å². The second-order valence-corrected chi connectivity index (χ2v) is 7.73. The van der Waals surface area contributed by atoms with Crippen molar-refractivity contribution < 1.29 is 23.9 Å². The van der Waals surface area contributed by atoms with Gasteiger partial charge in [0.1, 0.15) is 12.3 Å². The van der Waals surface area contributed by atoms with Gasteiger partial charge >= 0.3 is 0 Å². The van der Waals surface area contributed by atoms with Crippen LogP contribution in [-0.4, -0.2) is 42.2 Å². The molecule has 2 aromatic rings. The molecule has 0 bridgehead atoms. The van der Waals surface area contributed by atoms with Crippen molar-refractivity contribution in [1.29, 1.82) is 0 Å². The number of nitrogens with one attached hydrogen (secondary N) is 2. The van der Waals surface area contributed by atoms with Crippen molar-refractivity contribution >= 4 is 35.0 Å². The zero-order valence-electron chi connectivity index (χ0n) is 17.5. The van der Waals surface area contributed by atoms with Crippen LogP contribution in [0.4, 0.5) is 11.4 Å². The second kappa shape index (κ2) is 9.05. The number of carbonyl (C=O) groups excluding carboxylic acids is 4. The average molecular weight is 433 g/mol. The van der Waals surface area contributed by atoms with Crippen molar-refractivity contribution in [2.45, 2.75) is 12.8 Å². The van der Waals surface area contributed by atoms with Gasteiger partial charge in [-0.15, -0.1) is 0 Å². The molecule has 0 saturated carbocycles. The Morgan fingerprint density at radius 1 is 0.875 bits per heavy atom. The van der Waals surface area contributed by atoms with Crippen molar-refractivity contribution in [3.8, 4) is 5.75 Å². The van der Waals surface area contributed by atoms with E-state index < -0.39 is 5.91 Å². The molecule has 8 heteroatoms. The maximum absolute atomic E-state index is 12.5. The number of carbonyl (C=O) groups is 4. The number of allylic oxidation sites excluding steroid dienone is 2. The lowest BCUT2D eigenvalue weighted by Crippen LogP contribution is -2.38. The van der Waals surface area contributed by atoms with Gasteiger partial charge in [0.05, 0.1) is 18.9 Å². The molecule has 1 heterocycles. The normalized spacial score (nSPS) is 19.5. The van der Waals surface area contributed by atoms with E-state index in [1.54, 1.807) is 55.6 Å². The van der Waals surface area contributed by atoms with E-state index in [1.165, 1.54) is 0 Å². The number of hydrogen-bond acceptors (Lipinski definition) is 5. The SMILES string of the molecule is COc1ccc(NC(=O)c2ccc(NC(=O)CN3C(=O)[C@H]4CC=CC[C@H]4C3=O)cc2)cc1. The minimum absolute atomic E-state index is 0.287. The molecule has 0 spiro atoms. The zero-order valence-corrected chi connectivity index (χ0v) is 17.5. The molecule has 2 aliphatic rings. The summed E-state index contributed by atoms with van der Waals surface area (Å²) in [7, 11) is 1.57. The van der Waals surface area contributed by atoms with Crippen LogP contribution in [-0.2, 0) is 14.4 Å². The van der Waals surface area contributed by atoms with Crippen LogP contribution in [0.1, 0.15) is 23.2 Å². The first kappa shape index (κ1) is 21.3. The first-order valence-electron chi connectivity index (χ1n) is 10.3. The van der Waals surface area contributed by atoms with Gasteiger partial charge in [0.25, 0.3) is 5.91 Å². The first-order valence-corrected chi connectivity index (χ1v) is 10.3. The van der Waals surface area contributed by atoms with Crippen LogP contribution in [0, 0.1) is 11.8 Å². The molecule has 2 N–H and O–H groups in total. The third-order valence-electron chi connectivity index (χ3n) is 5.68. The third kappa shape index (κ3) is 4.39. The molecule has 0 radical (unpaired) electrons. The number of fused-ring (bicyclic) bond motifs is 1. The number of benzene rings is 2. The molecule has 2 atom stereocenters. The van der Waals surface area contributed by atoms with Crippen molar-refractivity contribution in [2.75, 3.05) is 24.3 Å². The lowest BCUT2D eigenvalue weighted by Gasteiger charge is -2.14. The van der Waals surface area contributed by atoms with E-state index >= 15 is 0 Å². The van der Waals surface area contributed by atoms with E-state index in [1.807, 2.05) is 12.2 Å². The van der Waals surface area contributed by atoms with E-state index in [4.69, 9.17) is 4.74 Å². The molecule has 0 unspecified atom stereocenters. The fraction of sp³-hybridized carbons (Fsp3) is 0.250. The van der Waals surface area contributed by atoms with E-state index in [0.29, 0.717) is 35.5 Å². The largest absolute Gasteiger partial charge is 0.497 e. The van der Waals surface area contributed by atoms with Crippen LogP contribution in [0.5, 0.6) is 5.75 Å². The Morgan fingerprint density at radius 3 is 1.97 bits per heavy atom. The Morgan fingerprint density at radius 2 is 1.41 bits per heavy atom. The Labute approximate surface area is 185 Å². The second-order valence-electron chi connectivity index (χ2n) is 7.73. The quantitative estimate of drug-likeness (QED) is 0.538. The predicted molar refractivity (Wildman–Crippen MR) is 118 cm³/mol. The summed E-state index contributed by atoms with van der Waals surface area (Å²) in [6, 6.07) is 13.3. The van der Waals surface area contributed by atoms with E-state index in [2.05, 4.69) is 10.6 Å². The average Bonchev–Trinajstić information content (AvgIpc) is 3.05. The lowest BCUT2D eigenvalue weighted by molar-refractivity contribution is -0.142. The maximum Gasteiger partial charge on any atom is 0.255 e. The van der Waals surface area contributed by atoms with Crippen LogP contribution in [0.25, 0.3) is 0 Å². The third-order valence-corrected chi connectivity index (χ3v) is 5.68. The molecule has 4 rings (SSSR count). The van der Waals surface area contributed by atoms with E-state index in [0.717, 1.165) is 4.90 Å². The number of imide groups is 1. The Kier molecular flexibility index (Phi) is 6.02. The summed E-state index contributed by atoms with van der Waals surface area (Å²) in [6.07, 6.45) is 4.88. The molecule has 8 nitrogen and oxygen atoms in total. The summed E-state index contributed by atoms with van der Waals surface area (Å²) >= 11 is 0. The molecule has 4 amide bonds. The molecular formula is C24H23N3O5. The van der Waals surface area contributed by atoms with Gasteiger partial charge in [0.2, 0.25) is 17.7 Å². The highest BCUT2D eigenvalue weighted by Gasteiger charge is 2.47. The smallest absolute Gasteiger partial charge is 0.255 e. The number of amides is 4. The first-order chi connectivity index (χ1) is 15.5. The van der Waals surface area contributed by atoms with Gasteiger partial charge in [0, 0.05) is 16.9 Å². The topological polar surface area (TPSA) is 105 Å². The number of rotatable bonds is 6. The molecule has 164 valence electrons. The van der Waals surface area contributed by atoms with Gasteiger partial charge in [-0.2, -0.15) is 0 Å². The highest BCUT2D eigenvalue weighted by atomic mass is 16.5. The molecule has 1 aliphatic carbocycles. The molecular weight excluding hydrogens is 410 g/mol. The number of anilines is 2. The Hall–Kier alpha value is -3.94. The highest BCUT2D eigenvalue weighted by Crippen LogP contribution is 2.34. The van der Waals surface area contributed by atoms with Crippen molar-refractivity contribution in [3.05, 3.63) is 66.2 Å². The highest BCUT2D eigenvalue weighted by molar-refractivity contribution is 6.09. The maximum atomic E-state index is 12.5. The van der Waals surface area contributed by atoms with Gasteiger partial charge in [-0.25, -0.2) is 0 Å². The predicted octanol–water partition coefficient (Wildman–Crippen LogP) is 2.84. The summed E-state index contributed by atoms with van der Waals surface area (Å²) < 4.78 is 5.09. The zero-order chi connectivity index (χ0) is 22.7. The number of hydrogen-bond donors (Lipinski definition) is 2. The van der Waals surface area contributed by atoms with Crippen LogP contribution in [0.3, 0.4) is 0 Å². The van der Waals surface area contributed by atoms with Gasteiger partial charge < -0.3 is 15.4 Å². The van der Waals surface area contributed by atoms with Crippen LogP contribution >= 0.6 is 0 Å². The summed E-state index contributed by atoms with van der Waals surface area (Å²) in [5, 5.41) is 5.46. The fourth-order valence-corrected chi connectivity index (χ4v) is 3.95. The van der Waals surface area contributed by atoms with Gasteiger partial charge in [-0.1, -0.05) is 12.2 Å². The van der Waals surface area contributed by atoms with Gasteiger partial charge in [-0.3, -0.25) is 24.1 Å². The van der Waals surface area contributed by atoms with Crippen molar-refractivity contribution in [2.24, 2.45) is 11.8 Å².